The summed E-state index contributed by atoms with van der Waals surface area (Å²) >= 11 is 0. The number of nitrogens with one attached hydrogen (secondary N) is 1. The van der Waals surface area contributed by atoms with E-state index in [1.807, 2.05) is 18.5 Å². The maximum atomic E-state index is 4.18. The highest BCUT2D eigenvalue weighted by Crippen LogP contribution is 2.19. The maximum absolute atomic E-state index is 4.18. The molecule has 1 aromatic heterocycles. The van der Waals surface area contributed by atoms with Crippen LogP contribution >= 0.6 is 0 Å². The SMILES string of the molecule is c1ccc(CC(NCc2cccnc2)c2ccccc2)cc1. The smallest absolute Gasteiger partial charge is 0.0363 e. The molecule has 1 unspecified atom stereocenters. The van der Waals surface area contributed by atoms with Crippen LogP contribution in [0.1, 0.15) is 22.7 Å². The van der Waals surface area contributed by atoms with E-state index in [1.165, 1.54) is 16.7 Å². The van der Waals surface area contributed by atoms with Crippen molar-refractivity contribution in [3.63, 3.8) is 0 Å². The predicted molar refractivity (Wildman–Crippen MR) is 90.4 cm³/mol. The molecule has 3 rings (SSSR count). The lowest BCUT2D eigenvalue weighted by Crippen LogP contribution is -2.23. The molecule has 1 N–H and O–H groups in total. The summed E-state index contributed by atoms with van der Waals surface area (Å²) in [5.74, 6) is 0. The first-order valence-electron chi connectivity index (χ1n) is 7.63. The van der Waals surface area contributed by atoms with Crippen molar-refractivity contribution < 1.29 is 0 Å². The first-order chi connectivity index (χ1) is 10.9. The van der Waals surface area contributed by atoms with Crippen LogP contribution in [0.15, 0.2) is 85.2 Å². The van der Waals surface area contributed by atoms with Gasteiger partial charge in [-0.1, -0.05) is 66.7 Å². The van der Waals surface area contributed by atoms with Crippen LogP contribution in [-0.2, 0) is 13.0 Å². The van der Waals surface area contributed by atoms with Crippen LogP contribution in [0.4, 0.5) is 0 Å². The quantitative estimate of drug-likeness (QED) is 0.737. The monoisotopic (exact) mass is 288 g/mol. The molecule has 0 spiro atoms. The minimum Gasteiger partial charge on any atom is -0.305 e. The average molecular weight is 288 g/mol. The van der Waals surface area contributed by atoms with Gasteiger partial charge >= 0.3 is 0 Å². The molecule has 0 saturated heterocycles. The van der Waals surface area contributed by atoms with Crippen LogP contribution in [-0.4, -0.2) is 4.98 Å². The van der Waals surface area contributed by atoms with E-state index >= 15 is 0 Å². The molecule has 110 valence electrons. The molecule has 0 aliphatic carbocycles. The minimum absolute atomic E-state index is 0.295. The Balaban J connectivity index is 1.74. The summed E-state index contributed by atoms with van der Waals surface area (Å²) in [7, 11) is 0. The molecule has 0 bridgehead atoms. The first-order valence-corrected chi connectivity index (χ1v) is 7.63. The molecule has 0 aliphatic rings. The van der Waals surface area contributed by atoms with Crippen molar-refractivity contribution in [2.45, 2.75) is 19.0 Å². The Hall–Kier alpha value is -2.45. The molecule has 1 heterocycles. The van der Waals surface area contributed by atoms with Crippen molar-refractivity contribution in [2.75, 3.05) is 0 Å². The van der Waals surface area contributed by atoms with Gasteiger partial charge in [-0.3, -0.25) is 4.98 Å². The van der Waals surface area contributed by atoms with E-state index in [9.17, 15) is 0 Å². The standard InChI is InChI=1S/C20H20N2/c1-3-8-17(9-4-1)14-20(19-11-5-2-6-12-19)22-16-18-10-7-13-21-15-18/h1-13,15,20,22H,14,16H2. The van der Waals surface area contributed by atoms with Gasteiger partial charge in [-0.15, -0.1) is 0 Å². The van der Waals surface area contributed by atoms with Gasteiger partial charge in [-0.25, -0.2) is 0 Å². The number of aromatic nitrogens is 1. The summed E-state index contributed by atoms with van der Waals surface area (Å²) in [4.78, 5) is 4.18. The summed E-state index contributed by atoms with van der Waals surface area (Å²) < 4.78 is 0. The fourth-order valence-electron chi connectivity index (χ4n) is 2.59. The molecule has 1 atom stereocenters. The summed E-state index contributed by atoms with van der Waals surface area (Å²) in [6.07, 6.45) is 4.70. The van der Waals surface area contributed by atoms with Crippen molar-refractivity contribution >= 4 is 0 Å². The van der Waals surface area contributed by atoms with Gasteiger partial charge in [0.15, 0.2) is 0 Å². The van der Waals surface area contributed by atoms with Crippen molar-refractivity contribution in [2.24, 2.45) is 0 Å². The molecule has 2 heteroatoms. The third kappa shape index (κ3) is 4.03. The van der Waals surface area contributed by atoms with Crippen molar-refractivity contribution in [1.82, 2.24) is 10.3 Å². The average Bonchev–Trinajstić information content (AvgIpc) is 2.61. The predicted octanol–water partition coefficient (Wildman–Crippen LogP) is 4.16. The normalized spacial score (nSPS) is 12.0. The fraction of sp³-hybridized carbons (Fsp3) is 0.150. The van der Waals surface area contributed by atoms with E-state index < -0.39 is 0 Å². The second-order valence-electron chi connectivity index (χ2n) is 5.40. The van der Waals surface area contributed by atoms with Gasteiger partial charge in [0.05, 0.1) is 0 Å². The van der Waals surface area contributed by atoms with Crippen LogP contribution in [0.3, 0.4) is 0 Å². The third-order valence-electron chi connectivity index (χ3n) is 3.76. The van der Waals surface area contributed by atoms with Crippen LogP contribution < -0.4 is 5.32 Å². The Kier molecular flexibility index (Phi) is 4.96. The Morgan fingerprint density at radius 1 is 0.773 bits per heavy atom. The highest BCUT2D eigenvalue weighted by atomic mass is 14.9. The number of hydrogen-bond donors (Lipinski definition) is 1. The maximum Gasteiger partial charge on any atom is 0.0363 e. The molecule has 0 fully saturated rings. The Morgan fingerprint density at radius 3 is 2.14 bits per heavy atom. The van der Waals surface area contributed by atoms with Crippen LogP contribution in [0.5, 0.6) is 0 Å². The van der Waals surface area contributed by atoms with Gasteiger partial charge in [-0.05, 0) is 29.2 Å². The van der Waals surface area contributed by atoms with Crippen LogP contribution in [0.25, 0.3) is 0 Å². The number of benzene rings is 2. The van der Waals surface area contributed by atoms with E-state index in [4.69, 9.17) is 0 Å². The first kappa shape index (κ1) is 14.5. The van der Waals surface area contributed by atoms with Crippen molar-refractivity contribution in [1.29, 1.82) is 0 Å². The Labute approximate surface area is 131 Å². The van der Waals surface area contributed by atoms with Gasteiger partial charge in [0.1, 0.15) is 0 Å². The lowest BCUT2D eigenvalue weighted by molar-refractivity contribution is 0.530. The fourth-order valence-corrected chi connectivity index (χ4v) is 2.59. The topological polar surface area (TPSA) is 24.9 Å². The van der Waals surface area contributed by atoms with E-state index in [0.717, 1.165) is 13.0 Å². The summed E-state index contributed by atoms with van der Waals surface area (Å²) in [5.41, 5.74) is 3.86. The summed E-state index contributed by atoms with van der Waals surface area (Å²) in [6, 6.07) is 25.6. The van der Waals surface area contributed by atoms with E-state index in [1.54, 1.807) is 0 Å². The van der Waals surface area contributed by atoms with Gasteiger partial charge in [-0.2, -0.15) is 0 Å². The number of rotatable bonds is 6. The highest BCUT2D eigenvalue weighted by molar-refractivity contribution is 5.24. The molecule has 0 aliphatic heterocycles. The molecule has 22 heavy (non-hydrogen) atoms. The van der Waals surface area contributed by atoms with Crippen molar-refractivity contribution in [3.05, 3.63) is 102 Å². The second kappa shape index (κ2) is 7.53. The van der Waals surface area contributed by atoms with Crippen LogP contribution in [0.2, 0.25) is 0 Å². The molecule has 2 aromatic carbocycles. The molecular formula is C20H20N2. The molecule has 2 nitrogen and oxygen atoms in total. The molecule has 3 aromatic rings. The second-order valence-corrected chi connectivity index (χ2v) is 5.40. The van der Waals surface area contributed by atoms with Gasteiger partial charge in [0.2, 0.25) is 0 Å². The van der Waals surface area contributed by atoms with E-state index in [2.05, 4.69) is 77.0 Å². The third-order valence-corrected chi connectivity index (χ3v) is 3.76. The highest BCUT2D eigenvalue weighted by Gasteiger charge is 2.11. The van der Waals surface area contributed by atoms with Crippen LogP contribution in [0, 0.1) is 0 Å². The molecule has 0 saturated carbocycles. The van der Waals surface area contributed by atoms with E-state index in [0.29, 0.717) is 6.04 Å². The molecular weight excluding hydrogens is 268 g/mol. The Morgan fingerprint density at radius 2 is 1.45 bits per heavy atom. The van der Waals surface area contributed by atoms with Gasteiger partial charge < -0.3 is 5.32 Å². The number of pyridine rings is 1. The minimum atomic E-state index is 0.295. The Bertz CT molecular complexity index is 666. The number of hydrogen-bond acceptors (Lipinski definition) is 2. The molecule has 0 amide bonds. The lowest BCUT2D eigenvalue weighted by Gasteiger charge is -2.19. The summed E-state index contributed by atoms with van der Waals surface area (Å²) in [5, 5.41) is 3.66. The zero-order valence-corrected chi connectivity index (χ0v) is 12.5. The zero-order chi connectivity index (χ0) is 15.0. The molecule has 0 radical (unpaired) electrons. The summed E-state index contributed by atoms with van der Waals surface area (Å²) in [6.45, 7) is 0.820. The lowest BCUT2D eigenvalue weighted by atomic mass is 9.98. The number of nitrogens with zero attached hydrogens (tertiary/aromatic N) is 1. The zero-order valence-electron chi connectivity index (χ0n) is 12.5. The van der Waals surface area contributed by atoms with Gasteiger partial charge in [0.25, 0.3) is 0 Å². The van der Waals surface area contributed by atoms with Gasteiger partial charge in [0, 0.05) is 25.0 Å². The van der Waals surface area contributed by atoms with Crippen molar-refractivity contribution in [3.8, 4) is 0 Å². The van der Waals surface area contributed by atoms with E-state index in [-0.39, 0.29) is 0 Å². The largest absolute Gasteiger partial charge is 0.305 e.